The van der Waals surface area contributed by atoms with E-state index in [9.17, 15) is 9.59 Å². The number of nitrogens with zero attached hydrogens (tertiary/aromatic N) is 1. The average molecular weight is 287 g/mol. The fourth-order valence-electron chi connectivity index (χ4n) is 2.57. The summed E-state index contributed by atoms with van der Waals surface area (Å²) in [6.45, 7) is 2.08. The normalized spacial score (nSPS) is 24.8. The van der Waals surface area contributed by atoms with Gasteiger partial charge in [-0.25, -0.2) is 0 Å². The van der Waals surface area contributed by atoms with Crippen LogP contribution >= 0.6 is 11.8 Å². The molecule has 1 unspecified atom stereocenters. The van der Waals surface area contributed by atoms with E-state index in [1.807, 2.05) is 11.9 Å². The lowest BCUT2D eigenvalue weighted by Crippen LogP contribution is -2.41. The van der Waals surface area contributed by atoms with Gasteiger partial charge in [0, 0.05) is 19.0 Å². The van der Waals surface area contributed by atoms with Crippen LogP contribution in [0.2, 0.25) is 0 Å². The van der Waals surface area contributed by atoms with E-state index in [0.717, 1.165) is 25.0 Å². The minimum absolute atomic E-state index is 0.0253. The molecule has 1 saturated carbocycles. The molecule has 0 aromatic rings. The SMILES string of the molecule is CSCCC(C)N(C)C(=O)C1CCC(C(=O)O)CC1. The summed E-state index contributed by atoms with van der Waals surface area (Å²) in [7, 11) is 1.87. The molecule has 1 fully saturated rings. The molecular weight excluding hydrogens is 262 g/mol. The van der Waals surface area contributed by atoms with Crippen LogP contribution in [0, 0.1) is 11.8 Å². The average Bonchev–Trinajstić information content (AvgIpc) is 2.43. The number of aliphatic carboxylic acids is 1. The summed E-state index contributed by atoms with van der Waals surface area (Å²) in [6.07, 6.45) is 5.79. The summed E-state index contributed by atoms with van der Waals surface area (Å²) in [5.74, 6) is 0.315. The van der Waals surface area contributed by atoms with Gasteiger partial charge in [-0.1, -0.05) is 0 Å². The molecule has 110 valence electrons. The quantitative estimate of drug-likeness (QED) is 0.815. The number of carbonyl (C=O) groups is 2. The van der Waals surface area contributed by atoms with Gasteiger partial charge in [0.2, 0.25) is 5.91 Å². The van der Waals surface area contributed by atoms with Crippen molar-refractivity contribution in [1.82, 2.24) is 4.90 Å². The first-order valence-corrected chi connectivity index (χ1v) is 8.35. The van der Waals surface area contributed by atoms with Gasteiger partial charge in [0.15, 0.2) is 0 Å². The highest BCUT2D eigenvalue weighted by atomic mass is 32.2. The summed E-state index contributed by atoms with van der Waals surface area (Å²) in [6, 6.07) is 0.261. The van der Waals surface area contributed by atoms with Gasteiger partial charge in [-0.2, -0.15) is 11.8 Å². The first-order chi connectivity index (χ1) is 8.97. The highest BCUT2D eigenvalue weighted by Crippen LogP contribution is 2.30. The third-order valence-electron chi connectivity index (χ3n) is 4.17. The monoisotopic (exact) mass is 287 g/mol. The van der Waals surface area contributed by atoms with Crippen molar-refractivity contribution < 1.29 is 14.7 Å². The maximum absolute atomic E-state index is 12.4. The van der Waals surface area contributed by atoms with Crippen LogP contribution in [0.15, 0.2) is 0 Å². The van der Waals surface area contributed by atoms with Crippen LogP contribution in [0.25, 0.3) is 0 Å². The number of amides is 1. The van der Waals surface area contributed by atoms with Crippen molar-refractivity contribution in [3.05, 3.63) is 0 Å². The third kappa shape index (κ3) is 4.71. The Labute approximate surface area is 119 Å². The van der Waals surface area contributed by atoms with Crippen molar-refractivity contribution in [2.24, 2.45) is 11.8 Å². The van der Waals surface area contributed by atoms with Crippen molar-refractivity contribution in [1.29, 1.82) is 0 Å². The highest BCUT2D eigenvalue weighted by molar-refractivity contribution is 7.98. The Morgan fingerprint density at radius 2 is 1.79 bits per heavy atom. The van der Waals surface area contributed by atoms with Crippen LogP contribution in [-0.2, 0) is 9.59 Å². The molecule has 0 bridgehead atoms. The van der Waals surface area contributed by atoms with Gasteiger partial charge in [-0.05, 0) is 51.0 Å². The number of hydrogen-bond donors (Lipinski definition) is 1. The fourth-order valence-corrected chi connectivity index (χ4v) is 3.15. The van der Waals surface area contributed by atoms with Crippen molar-refractivity contribution in [2.75, 3.05) is 19.1 Å². The number of rotatable bonds is 6. The van der Waals surface area contributed by atoms with Crippen LogP contribution in [0.1, 0.15) is 39.0 Å². The van der Waals surface area contributed by atoms with E-state index in [1.54, 1.807) is 11.8 Å². The summed E-state index contributed by atoms with van der Waals surface area (Å²) in [4.78, 5) is 25.1. The van der Waals surface area contributed by atoms with Crippen molar-refractivity contribution in [3.8, 4) is 0 Å². The van der Waals surface area contributed by atoms with Crippen LogP contribution < -0.4 is 0 Å². The molecule has 0 heterocycles. The zero-order valence-corrected chi connectivity index (χ0v) is 12.9. The maximum atomic E-state index is 12.4. The van der Waals surface area contributed by atoms with E-state index >= 15 is 0 Å². The lowest BCUT2D eigenvalue weighted by molar-refractivity contribution is -0.145. The Hall–Kier alpha value is -0.710. The van der Waals surface area contributed by atoms with E-state index in [1.165, 1.54) is 0 Å². The molecule has 0 aromatic carbocycles. The molecule has 0 aromatic heterocycles. The molecule has 1 amide bonds. The summed E-state index contributed by atoms with van der Waals surface area (Å²) in [5.41, 5.74) is 0. The van der Waals surface area contributed by atoms with Gasteiger partial charge in [0.05, 0.1) is 5.92 Å². The Kier molecular flexibility index (Phi) is 6.69. The second-order valence-corrected chi connectivity index (χ2v) is 6.45. The van der Waals surface area contributed by atoms with Crippen molar-refractivity contribution >= 4 is 23.6 Å². The molecule has 5 heteroatoms. The Bertz CT molecular complexity index is 314. The molecule has 0 radical (unpaired) electrons. The molecule has 1 rings (SSSR count). The number of thioether (sulfide) groups is 1. The van der Waals surface area contributed by atoms with E-state index in [-0.39, 0.29) is 23.8 Å². The summed E-state index contributed by atoms with van der Waals surface area (Å²) < 4.78 is 0. The van der Waals surface area contributed by atoms with E-state index in [2.05, 4.69) is 13.2 Å². The van der Waals surface area contributed by atoms with E-state index in [0.29, 0.717) is 12.8 Å². The summed E-state index contributed by atoms with van der Waals surface area (Å²) in [5, 5.41) is 8.96. The molecule has 0 aliphatic heterocycles. The maximum Gasteiger partial charge on any atom is 0.306 e. The molecule has 0 saturated heterocycles. The lowest BCUT2D eigenvalue weighted by atomic mass is 9.81. The van der Waals surface area contributed by atoms with Gasteiger partial charge < -0.3 is 10.0 Å². The summed E-state index contributed by atoms with van der Waals surface area (Å²) >= 11 is 1.79. The predicted molar refractivity (Wildman–Crippen MR) is 78.3 cm³/mol. The highest BCUT2D eigenvalue weighted by Gasteiger charge is 2.32. The second-order valence-electron chi connectivity index (χ2n) is 5.47. The third-order valence-corrected chi connectivity index (χ3v) is 4.82. The van der Waals surface area contributed by atoms with Crippen LogP contribution in [0.5, 0.6) is 0 Å². The topological polar surface area (TPSA) is 57.6 Å². The molecule has 1 aliphatic carbocycles. The largest absolute Gasteiger partial charge is 0.481 e. The smallest absolute Gasteiger partial charge is 0.306 e. The Morgan fingerprint density at radius 1 is 1.26 bits per heavy atom. The molecule has 1 aliphatic rings. The minimum Gasteiger partial charge on any atom is -0.481 e. The standard InChI is InChI=1S/C14H25NO3S/c1-10(8-9-19-3)15(2)13(16)11-4-6-12(7-5-11)14(17)18/h10-12H,4-9H2,1-3H3,(H,17,18). The molecular formula is C14H25NO3S. The molecule has 0 spiro atoms. The number of carbonyl (C=O) groups excluding carboxylic acids is 1. The van der Waals surface area contributed by atoms with Crippen molar-refractivity contribution in [2.45, 2.75) is 45.1 Å². The number of carboxylic acids is 1. The van der Waals surface area contributed by atoms with Gasteiger partial charge >= 0.3 is 5.97 Å². The van der Waals surface area contributed by atoms with Gasteiger partial charge in [0.1, 0.15) is 0 Å². The van der Waals surface area contributed by atoms with Crippen molar-refractivity contribution in [3.63, 3.8) is 0 Å². The lowest BCUT2D eigenvalue weighted by Gasteiger charge is -2.32. The number of hydrogen-bond acceptors (Lipinski definition) is 3. The molecule has 1 atom stereocenters. The molecule has 19 heavy (non-hydrogen) atoms. The zero-order valence-electron chi connectivity index (χ0n) is 12.1. The van der Waals surface area contributed by atoms with Gasteiger partial charge in [0.25, 0.3) is 0 Å². The van der Waals surface area contributed by atoms with E-state index in [4.69, 9.17) is 5.11 Å². The second kappa shape index (κ2) is 7.78. The fraction of sp³-hybridized carbons (Fsp3) is 0.857. The molecule has 1 N–H and O–H groups in total. The van der Waals surface area contributed by atoms with Crippen LogP contribution in [-0.4, -0.2) is 47.0 Å². The zero-order chi connectivity index (χ0) is 14.4. The first-order valence-electron chi connectivity index (χ1n) is 6.95. The Balaban J connectivity index is 2.43. The van der Waals surface area contributed by atoms with Crippen LogP contribution in [0.3, 0.4) is 0 Å². The Morgan fingerprint density at radius 3 is 2.26 bits per heavy atom. The number of carboxylic acid groups (broad SMARTS) is 1. The minimum atomic E-state index is -0.715. The first kappa shape index (κ1) is 16.3. The van der Waals surface area contributed by atoms with Gasteiger partial charge in [-0.15, -0.1) is 0 Å². The van der Waals surface area contributed by atoms with E-state index < -0.39 is 5.97 Å². The van der Waals surface area contributed by atoms with Crippen LogP contribution in [0.4, 0.5) is 0 Å². The molecule has 4 nitrogen and oxygen atoms in total. The van der Waals surface area contributed by atoms with Gasteiger partial charge in [-0.3, -0.25) is 9.59 Å². The predicted octanol–water partition coefficient (Wildman–Crippen LogP) is 2.48.